The molecule has 2 aliphatic heterocycles. The van der Waals surface area contributed by atoms with Gasteiger partial charge in [0, 0.05) is 11.6 Å². The van der Waals surface area contributed by atoms with Gasteiger partial charge in [-0.05, 0) is 49.0 Å². The third-order valence-corrected chi connectivity index (χ3v) is 5.67. The molecule has 2 unspecified atom stereocenters. The van der Waals surface area contributed by atoms with Gasteiger partial charge in [0.15, 0.2) is 11.6 Å². The summed E-state index contributed by atoms with van der Waals surface area (Å²) in [6.07, 6.45) is 4.57. The summed E-state index contributed by atoms with van der Waals surface area (Å²) in [4.78, 5) is 14.5. The molecule has 4 rings (SSSR count). The number of hydrogen-bond acceptors (Lipinski definition) is 3. The number of piperidine rings is 1. The molecule has 2 heterocycles. The Bertz CT molecular complexity index is 929. The van der Waals surface area contributed by atoms with Crippen LogP contribution in [-0.2, 0) is 11.3 Å². The van der Waals surface area contributed by atoms with E-state index >= 15 is 0 Å². The van der Waals surface area contributed by atoms with E-state index in [1.165, 1.54) is 13.2 Å². The monoisotopic (exact) mass is 399 g/mol. The number of fused-ring (bicyclic) bond motifs is 2. The van der Waals surface area contributed by atoms with Gasteiger partial charge in [-0.15, -0.1) is 0 Å². The van der Waals surface area contributed by atoms with Crippen molar-refractivity contribution in [3.8, 4) is 5.75 Å². The second-order valence-corrected chi connectivity index (χ2v) is 7.44. The molecule has 1 fully saturated rings. The summed E-state index contributed by atoms with van der Waals surface area (Å²) in [7, 11) is 1.31. The van der Waals surface area contributed by atoms with Crippen LogP contribution < -0.4 is 4.74 Å². The number of halogens is 2. The Balaban J connectivity index is 1.54. The lowest BCUT2D eigenvalue weighted by Gasteiger charge is -2.44. The summed E-state index contributed by atoms with van der Waals surface area (Å²) in [6, 6.07) is 12.2. The van der Waals surface area contributed by atoms with E-state index in [4.69, 9.17) is 9.47 Å². The Morgan fingerprint density at radius 2 is 1.90 bits per heavy atom. The second-order valence-electron chi connectivity index (χ2n) is 7.44. The number of carbonyl (C=O) groups excluding carboxylic acids is 1. The van der Waals surface area contributed by atoms with Crippen molar-refractivity contribution in [3.63, 3.8) is 0 Å². The molecule has 2 aliphatic rings. The summed E-state index contributed by atoms with van der Waals surface area (Å²) in [5.41, 5.74) is 1.89. The summed E-state index contributed by atoms with van der Waals surface area (Å²) in [5.74, 6) is -2.01. The molecule has 0 N–H and O–H groups in total. The molecule has 0 saturated carbocycles. The van der Waals surface area contributed by atoms with Crippen molar-refractivity contribution in [2.24, 2.45) is 0 Å². The second kappa shape index (κ2) is 8.23. The van der Waals surface area contributed by atoms with E-state index in [9.17, 15) is 13.6 Å². The Morgan fingerprint density at radius 3 is 2.62 bits per heavy atom. The molecular formula is C23H23F2NO3. The van der Waals surface area contributed by atoms with Gasteiger partial charge in [0.05, 0.1) is 13.2 Å². The van der Waals surface area contributed by atoms with Gasteiger partial charge >= 0.3 is 6.09 Å². The van der Waals surface area contributed by atoms with Gasteiger partial charge < -0.3 is 9.47 Å². The lowest BCUT2D eigenvalue weighted by Crippen LogP contribution is -2.51. The Labute approximate surface area is 168 Å². The first-order valence-electron chi connectivity index (χ1n) is 9.80. The first-order chi connectivity index (χ1) is 14.1. The Kier molecular flexibility index (Phi) is 5.51. The average molecular weight is 399 g/mol. The van der Waals surface area contributed by atoms with Crippen LogP contribution >= 0.6 is 0 Å². The maximum atomic E-state index is 14.6. The highest BCUT2D eigenvalue weighted by Gasteiger charge is 2.38. The number of rotatable bonds is 4. The third kappa shape index (κ3) is 3.84. The van der Waals surface area contributed by atoms with Crippen molar-refractivity contribution in [1.29, 1.82) is 0 Å². The van der Waals surface area contributed by atoms with Gasteiger partial charge in [-0.3, -0.25) is 4.90 Å². The molecule has 1 saturated heterocycles. The minimum absolute atomic E-state index is 0.0819. The van der Waals surface area contributed by atoms with E-state index in [-0.39, 0.29) is 36.1 Å². The molecule has 0 radical (unpaired) electrons. The predicted octanol–water partition coefficient (Wildman–Crippen LogP) is 5.32. The molecule has 0 aromatic heterocycles. The topological polar surface area (TPSA) is 38.8 Å². The summed E-state index contributed by atoms with van der Waals surface area (Å²) >= 11 is 0. The highest BCUT2D eigenvalue weighted by atomic mass is 19.2. The molecule has 152 valence electrons. The van der Waals surface area contributed by atoms with E-state index in [1.807, 2.05) is 36.4 Å². The smallest absolute Gasteiger partial charge is 0.410 e. The SMILES string of the molecule is COc1ccc(C2=CC3CCCC(C2)N3C(=O)OCc2ccccc2)c(F)c1F. The molecule has 6 heteroatoms. The number of hydrogen-bond donors (Lipinski definition) is 0. The van der Waals surface area contributed by atoms with Gasteiger partial charge in [0.25, 0.3) is 0 Å². The molecule has 29 heavy (non-hydrogen) atoms. The lowest BCUT2D eigenvalue weighted by atomic mass is 9.83. The van der Waals surface area contributed by atoms with Gasteiger partial charge in [-0.1, -0.05) is 36.4 Å². The number of nitrogens with zero attached hydrogens (tertiary/aromatic N) is 1. The number of methoxy groups -OCH3 is 1. The largest absolute Gasteiger partial charge is 0.494 e. The van der Waals surface area contributed by atoms with Crippen LogP contribution in [-0.4, -0.2) is 30.2 Å². The van der Waals surface area contributed by atoms with Gasteiger partial charge in [-0.25, -0.2) is 9.18 Å². The van der Waals surface area contributed by atoms with Crippen LogP contribution in [0.25, 0.3) is 5.57 Å². The summed E-state index contributed by atoms with van der Waals surface area (Å²) in [6.45, 7) is 0.213. The van der Waals surface area contributed by atoms with Crippen molar-refractivity contribution >= 4 is 11.7 Å². The maximum absolute atomic E-state index is 14.6. The van der Waals surface area contributed by atoms with E-state index in [0.717, 1.165) is 30.4 Å². The number of amides is 1. The zero-order chi connectivity index (χ0) is 20.4. The van der Waals surface area contributed by atoms with Crippen LogP contribution in [0.4, 0.5) is 13.6 Å². The maximum Gasteiger partial charge on any atom is 0.410 e. The molecular weight excluding hydrogens is 376 g/mol. The summed E-state index contributed by atoms with van der Waals surface area (Å²) in [5, 5.41) is 0. The highest BCUT2D eigenvalue weighted by molar-refractivity contribution is 5.75. The predicted molar refractivity (Wildman–Crippen MR) is 105 cm³/mol. The number of benzene rings is 2. The van der Waals surface area contributed by atoms with Crippen molar-refractivity contribution in [2.45, 2.75) is 44.4 Å². The van der Waals surface area contributed by atoms with Crippen molar-refractivity contribution in [2.75, 3.05) is 7.11 Å². The van der Waals surface area contributed by atoms with Gasteiger partial charge in [0.1, 0.15) is 6.61 Å². The minimum atomic E-state index is -0.985. The van der Waals surface area contributed by atoms with Crippen LogP contribution in [0.15, 0.2) is 48.5 Å². The van der Waals surface area contributed by atoms with Crippen molar-refractivity contribution < 1.29 is 23.0 Å². The molecule has 0 spiro atoms. The highest BCUT2D eigenvalue weighted by Crippen LogP contribution is 2.39. The third-order valence-electron chi connectivity index (χ3n) is 5.67. The van der Waals surface area contributed by atoms with Crippen molar-refractivity contribution in [1.82, 2.24) is 4.90 Å². The molecule has 2 aromatic carbocycles. The molecule has 2 atom stereocenters. The van der Waals surface area contributed by atoms with E-state index in [2.05, 4.69) is 0 Å². The molecule has 1 amide bonds. The first kappa shape index (κ1) is 19.4. The average Bonchev–Trinajstić information content (AvgIpc) is 2.74. The number of ether oxygens (including phenoxy) is 2. The minimum Gasteiger partial charge on any atom is -0.494 e. The summed E-state index contributed by atoms with van der Waals surface area (Å²) < 4.78 is 39.1. The first-order valence-corrected chi connectivity index (χ1v) is 9.80. The fourth-order valence-electron chi connectivity index (χ4n) is 4.25. The fourth-order valence-corrected chi connectivity index (χ4v) is 4.25. The van der Waals surface area contributed by atoms with E-state index in [1.54, 1.807) is 11.0 Å². The van der Waals surface area contributed by atoms with Gasteiger partial charge in [-0.2, -0.15) is 4.39 Å². The molecule has 2 aromatic rings. The van der Waals surface area contributed by atoms with Gasteiger partial charge in [0.2, 0.25) is 5.82 Å². The Hall–Kier alpha value is -2.89. The molecule has 0 aliphatic carbocycles. The van der Waals surface area contributed by atoms with E-state index in [0.29, 0.717) is 6.42 Å². The van der Waals surface area contributed by atoms with Crippen LogP contribution in [0.1, 0.15) is 36.8 Å². The normalized spacial score (nSPS) is 20.8. The zero-order valence-corrected chi connectivity index (χ0v) is 16.2. The van der Waals surface area contributed by atoms with E-state index < -0.39 is 11.6 Å². The molecule has 2 bridgehead atoms. The van der Waals surface area contributed by atoms with Crippen LogP contribution in [0.3, 0.4) is 0 Å². The Morgan fingerprint density at radius 1 is 1.10 bits per heavy atom. The van der Waals surface area contributed by atoms with Crippen LogP contribution in [0.5, 0.6) is 5.75 Å². The zero-order valence-electron chi connectivity index (χ0n) is 16.2. The lowest BCUT2D eigenvalue weighted by molar-refractivity contribution is 0.0510. The van der Waals surface area contributed by atoms with Crippen molar-refractivity contribution in [3.05, 3.63) is 71.3 Å². The molecule has 4 nitrogen and oxygen atoms in total. The van der Waals surface area contributed by atoms with Crippen LogP contribution in [0.2, 0.25) is 0 Å². The standard InChI is InChI=1S/C23H23F2NO3/c1-28-20-11-10-19(21(24)22(20)25)16-12-17-8-5-9-18(13-16)26(17)23(27)29-14-15-6-3-2-4-7-15/h2-4,6-7,10-12,17-18H,5,8-9,13-14H2,1H3. The quantitative estimate of drug-likeness (QED) is 0.698. The fraction of sp³-hybridized carbons (Fsp3) is 0.348. The number of carbonyl (C=O) groups is 1. The van der Waals surface area contributed by atoms with Crippen LogP contribution in [0, 0.1) is 11.6 Å².